The van der Waals surface area contributed by atoms with E-state index in [4.69, 9.17) is 29.8 Å². The summed E-state index contributed by atoms with van der Waals surface area (Å²) < 4.78 is 0. The first-order chi connectivity index (χ1) is 56.3. The van der Waals surface area contributed by atoms with E-state index >= 15 is 0 Å². The predicted molar refractivity (Wildman–Crippen MR) is 509 cm³/mol. The van der Waals surface area contributed by atoms with Gasteiger partial charge in [-0.1, -0.05) is 55.9 Å². The van der Waals surface area contributed by atoms with Crippen molar-refractivity contribution in [1.82, 2.24) is 104 Å². The fraction of sp³-hybridized carbons (Fsp3) is 0.907. The van der Waals surface area contributed by atoms with Crippen molar-refractivity contribution in [2.24, 2.45) is 15.3 Å². The highest BCUT2D eigenvalue weighted by Gasteiger charge is 2.51. The van der Waals surface area contributed by atoms with Crippen molar-refractivity contribution in [3.05, 3.63) is 35.7 Å². The highest BCUT2D eigenvalue weighted by Crippen LogP contribution is 2.43. The summed E-state index contributed by atoms with van der Waals surface area (Å²) in [6.07, 6.45) is 27.5. The maximum Gasteiger partial charge on any atom is 0.157 e. The van der Waals surface area contributed by atoms with Crippen LogP contribution in [0.5, 0.6) is 0 Å². The van der Waals surface area contributed by atoms with E-state index in [1.165, 1.54) is 0 Å². The Morgan fingerprint density at radius 2 is 0.431 bits per heavy atom. The molecule has 0 aromatic heterocycles. The molecule has 0 aliphatic carbocycles. The molecule has 0 unspecified atom stereocenters. The zero-order valence-corrected chi connectivity index (χ0v) is 84.9. The second-order valence-corrected chi connectivity index (χ2v) is 51.0. The van der Waals surface area contributed by atoms with Crippen LogP contribution in [0.15, 0.2) is 51.0 Å². The molecule has 123 heavy (non-hydrogen) atoms. The van der Waals surface area contributed by atoms with E-state index in [0.29, 0.717) is 26.2 Å². The Hall–Kier alpha value is -4.61. The topological polar surface area (TPSA) is 226 Å². The lowest BCUT2D eigenvalue weighted by molar-refractivity contribution is -0.246. The van der Waals surface area contributed by atoms with Crippen molar-refractivity contribution in [3.8, 4) is 0 Å². The van der Waals surface area contributed by atoms with Crippen molar-refractivity contribution in [3.63, 3.8) is 0 Å². The first kappa shape index (κ1) is 99.0. The van der Waals surface area contributed by atoms with Gasteiger partial charge in [0.05, 0.1) is 18.3 Å². The summed E-state index contributed by atoms with van der Waals surface area (Å²) in [7, 11) is 0. The maximum atomic E-state index is 7.56. The van der Waals surface area contributed by atoms with Crippen LogP contribution in [0.1, 0.15) is 384 Å². The monoisotopic (exact) mass is 1720 g/mol. The Balaban J connectivity index is 1.12. The van der Waals surface area contributed by atoms with Crippen LogP contribution >= 0.6 is 0 Å². The minimum absolute atomic E-state index is 0.0718. The smallest absolute Gasteiger partial charge is 0.157 e. The number of hydrazone groups is 3. The third kappa shape index (κ3) is 27.7. The van der Waals surface area contributed by atoms with Gasteiger partial charge in [-0.2, -0.15) is 0 Å². The highest BCUT2D eigenvalue weighted by atomic mass is 16.8. The fourth-order valence-corrected chi connectivity index (χ4v) is 26.2. The molecule has 26 heteroatoms. The van der Waals surface area contributed by atoms with Gasteiger partial charge in [0.2, 0.25) is 0 Å². The summed E-state index contributed by atoms with van der Waals surface area (Å²) in [5.41, 5.74) is 9.57. The lowest BCUT2D eigenvalue weighted by Gasteiger charge is -2.53. The second-order valence-electron chi connectivity index (χ2n) is 51.0. The number of hydrogen-bond acceptors (Lipinski definition) is 26. The lowest BCUT2D eigenvalue weighted by Crippen LogP contribution is -2.65. The Labute approximate surface area is 749 Å². The number of rotatable bonds is 29. The van der Waals surface area contributed by atoms with Crippen LogP contribution in [0.2, 0.25) is 0 Å². The Kier molecular flexibility index (Phi) is 29.2. The van der Waals surface area contributed by atoms with E-state index in [-0.39, 0.29) is 137 Å². The third-order valence-corrected chi connectivity index (χ3v) is 27.6. The minimum atomic E-state index is -0.212. The summed E-state index contributed by atoms with van der Waals surface area (Å²) >= 11 is 0. The first-order valence-corrected chi connectivity index (χ1v) is 48.8. The molecule has 0 saturated carbocycles. The van der Waals surface area contributed by atoms with Crippen LogP contribution in [-0.4, -0.2) is 246 Å². The van der Waals surface area contributed by atoms with E-state index in [1.54, 1.807) is 0 Å². The summed E-state index contributed by atoms with van der Waals surface area (Å²) in [5.74, 6) is 5.73. The summed E-state index contributed by atoms with van der Waals surface area (Å²) in [4.78, 5) is 38.7. The van der Waals surface area contributed by atoms with Gasteiger partial charge in [0, 0.05) is 183 Å². The van der Waals surface area contributed by atoms with Gasteiger partial charge in [0.1, 0.15) is 17.5 Å². The summed E-state index contributed by atoms with van der Waals surface area (Å²) in [5, 5.41) is 55.0. The highest BCUT2D eigenvalue weighted by molar-refractivity contribution is 5.95. The first-order valence-electron chi connectivity index (χ1n) is 48.8. The van der Waals surface area contributed by atoms with Crippen LogP contribution in [0.4, 0.5) is 0 Å². The van der Waals surface area contributed by atoms with Crippen molar-refractivity contribution in [2.45, 2.75) is 521 Å². The van der Waals surface area contributed by atoms with Crippen LogP contribution < -0.4 is 58.8 Å². The SMILES string of the molecule is CCCCN(C1=NN(OC2CC(C)(C)NC(C)(C)C2)NC(N(CCN(C2=CC(N(CCCC)C3CC(C)(C)NC(C)(C)C3)=NN(OC3CC(C)(C)NC(C)(C)C3)N2)C2CC(C)(C)NC(C)(C)C2)CCN(C2=CC(N(CCCC)C3CC(C)(C)NC(C)(C)C3)=NN(OC3CC(C)(C)NC(C)(C)C3)N2)C2CC(C)(C)NC(C)(C)C2)=C1)C1CC(C)(C)NC(C)(C)C1. The average molecular weight is 1720 g/mol. The summed E-state index contributed by atoms with van der Waals surface area (Å²) in [6, 6.07) is 0.753. The Morgan fingerprint density at radius 1 is 0.252 bits per heavy atom. The van der Waals surface area contributed by atoms with Gasteiger partial charge in [-0.05, 0) is 344 Å². The minimum Gasteiger partial charge on any atom is -0.353 e. The molecular formula is C97H185N23O3. The quantitative estimate of drug-likeness (QED) is 0.0335. The molecule has 0 aromatic rings. The maximum absolute atomic E-state index is 7.56. The third-order valence-electron chi connectivity index (χ3n) is 27.6. The molecule has 11 heterocycles. The molecule has 0 bridgehead atoms. The van der Waals surface area contributed by atoms with Gasteiger partial charge in [-0.3, -0.25) is 0 Å². The van der Waals surface area contributed by atoms with E-state index in [1.807, 2.05) is 15.8 Å². The van der Waals surface area contributed by atoms with E-state index in [2.05, 4.69) is 349 Å². The average Bonchev–Trinajstić information content (AvgIpc) is 0.767. The number of nitrogens with zero attached hydrogens (tertiary/aromatic N) is 12. The van der Waals surface area contributed by atoms with E-state index in [0.717, 1.165) is 196 Å². The molecular weight excluding hydrogens is 1540 g/mol. The molecule has 26 nitrogen and oxygen atoms in total. The lowest BCUT2D eigenvalue weighted by atomic mass is 9.78. The standard InChI is InChI=1S/C97H185N23O3/c1-36-39-42-113(68-52-82(4,5)104-83(6,7)53-68)77-49-76(98-118(99-77)121-73-62-92(24,25)109-93(26,27)63-73)112(45-47-116(71-58-88(16,17)107-89(18,19)59-71)80-50-78(100-119(102-80)122-74-64-94(28,29)110-95(30,31)65-74)114(43-40-37-2)69-54-84(8,9)105-85(10,11)55-69)46-48-117(72-60-90(20,21)108-91(22,23)61-72)81-51-79(101-120(103-81)123-75-66-96(32,33)111-97(34,35)67-75)115(44-41-38-3)70-56-86(12,13)106-87(14,15)57-70/h49-51,68-75,98,102-111H,36-48,52-67H2,1-35H3. The molecule has 11 aliphatic rings. The summed E-state index contributed by atoms with van der Waals surface area (Å²) in [6.45, 7) is 87.9. The Morgan fingerprint density at radius 3 is 0.634 bits per heavy atom. The number of nitrogens with one attached hydrogen (secondary N) is 11. The van der Waals surface area contributed by atoms with Crippen molar-refractivity contribution >= 4 is 17.5 Å². The molecule has 8 saturated heterocycles. The van der Waals surface area contributed by atoms with Gasteiger partial charge >= 0.3 is 0 Å². The molecule has 0 atom stereocenters. The zero-order chi connectivity index (χ0) is 90.9. The van der Waals surface area contributed by atoms with Gasteiger partial charge in [-0.25, -0.2) is 30.8 Å². The fourth-order valence-electron chi connectivity index (χ4n) is 26.2. The van der Waals surface area contributed by atoms with Gasteiger partial charge in [0.25, 0.3) is 0 Å². The molecule has 0 spiro atoms. The van der Waals surface area contributed by atoms with Crippen LogP contribution in [-0.2, 0) is 14.5 Å². The molecule has 0 aromatic carbocycles. The van der Waals surface area contributed by atoms with Gasteiger partial charge in [0.15, 0.2) is 17.5 Å². The van der Waals surface area contributed by atoms with Gasteiger partial charge in [-0.15, -0.1) is 15.3 Å². The number of unbranched alkanes of at least 4 members (excludes halogenated alkanes) is 3. The van der Waals surface area contributed by atoms with Crippen LogP contribution in [0.3, 0.4) is 0 Å². The molecule has 11 aliphatic heterocycles. The van der Waals surface area contributed by atoms with Gasteiger partial charge < -0.3 is 71.9 Å². The van der Waals surface area contributed by atoms with E-state index < -0.39 is 0 Å². The zero-order valence-electron chi connectivity index (χ0n) is 84.9. The van der Waals surface area contributed by atoms with Crippen LogP contribution in [0.25, 0.3) is 0 Å². The van der Waals surface area contributed by atoms with Crippen LogP contribution in [0, 0.1) is 0 Å². The normalized spacial score (nSPS) is 27.8. The largest absolute Gasteiger partial charge is 0.353 e. The molecule has 11 rings (SSSR count). The number of hydrogen-bond donors (Lipinski definition) is 11. The molecule has 0 radical (unpaired) electrons. The molecule has 11 N–H and O–H groups in total. The van der Waals surface area contributed by atoms with E-state index in [9.17, 15) is 0 Å². The van der Waals surface area contributed by atoms with Crippen molar-refractivity contribution < 1.29 is 14.5 Å². The molecule has 0 amide bonds. The second kappa shape index (κ2) is 36.3. The number of piperidine rings is 8. The van der Waals surface area contributed by atoms with Crippen molar-refractivity contribution in [1.29, 1.82) is 0 Å². The Bertz CT molecular complexity index is 3460. The molecule has 706 valence electrons. The number of amidine groups is 3. The number of hydrazine groups is 3. The molecule has 8 fully saturated rings. The van der Waals surface area contributed by atoms with Crippen molar-refractivity contribution in [2.75, 3.05) is 45.8 Å². The predicted octanol–water partition coefficient (Wildman–Crippen LogP) is 15.4.